The monoisotopic (exact) mass is 273 g/mol. The van der Waals surface area contributed by atoms with Crippen molar-refractivity contribution in [3.8, 4) is 0 Å². The lowest BCUT2D eigenvalue weighted by Crippen LogP contribution is -2.29. The van der Waals surface area contributed by atoms with Crippen LogP contribution < -0.4 is 5.73 Å². The summed E-state index contributed by atoms with van der Waals surface area (Å²) in [6.07, 6.45) is 0.316. The topological polar surface area (TPSA) is 43.1 Å². The molecular weight excluding hydrogens is 257 g/mol. The number of hydrogen-bond donors (Lipinski definition) is 1. The minimum absolute atomic E-state index is 0.109. The predicted molar refractivity (Wildman–Crippen MR) is 72.6 cm³/mol. The molecule has 1 atom stereocenters. The second kappa shape index (κ2) is 6.39. The summed E-state index contributed by atoms with van der Waals surface area (Å²) in [7, 11) is 0. The molecule has 2 N–H and O–H groups in total. The third-order valence-electron chi connectivity index (χ3n) is 2.85. The zero-order valence-electron chi connectivity index (χ0n) is 10.0. The van der Waals surface area contributed by atoms with E-state index in [0.717, 1.165) is 5.56 Å². The molecule has 1 rings (SSSR count). The molecule has 0 aliphatic carbocycles. The van der Waals surface area contributed by atoms with Gasteiger partial charge in [-0.3, -0.25) is 4.79 Å². The summed E-state index contributed by atoms with van der Waals surface area (Å²) in [4.78, 5) is 12.1. The Kier molecular flexibility index (Phi) is 5.44. The average Bonchev–Trinajstić information content (AvgIpc) is 2.22. The number of nitrogens with two attached hydrogens (primary N) is 1. The Bertz CT molecular complexity index is 404. The molecule has 0 saturated carbocycles. The summed E-state index contributed by atoms with van der Waals surface area (Å²) in [6.45, 7) is 4.37. The van der Waals surface area contributed by atoms with E-state index in [1.165, 1.54) is 0 Å². The fourth-order valence-corrected chi connectivity index (χ4v) is 2.23. The van der Waals surface area contributed by atoms with Crippen LogP contribution in [0.15, 0.2) is 18.2 Å². The highest BCUT2D eigenvalue weighted by Gasteiger charge is 2.21. The van der Waals surface area contributed by atoms with Crippen molar-refractivity contribution in [3.05, 3.63) is 33.8 Å². The van der Waals surface area contributed by atoms with Gasteiger partial charge in [0, 0.05) is 28.9 Å². The Hall–Kier alpha value is -0.570. The van der Waals surface area contributed by atoms with E-state index in [0.29, 0.717) is 23.0 Å². The van der Waals surface area contributed by atoms with Crippen LogP contribution in [0.2, 0.25) is 10.0 Å². The molecular formula is C13H17Cl2NO. The molecule has 1 aromatic rings. The highest BCUT2D eigenvalue weighted by atomic mass is 35.5. The van der Waals surface area contributed by atoms with Gasteiger partial charge in [0.2, 0.25) is 0 Å². The zero-order chi connectivity index (χ0) is 13.0. The van der Waals surface area contributed by atoms with Crippen LogP contribution in [0.25, 0.3) is 0 Å². The second-order valence-electron chi connectivity index (χ2n) is 4.47. The molecule has 17 heavy (non-hydrogen) atoms. The van der Waals surface area contributed by atoms with Crippen LogP contribution in [-0.2, 0) is 11.2 Å². The molecule has 0 aliphatic rings. The average molecular weight is 274 g/mol. The maximum Gasteiger partial charge on any atom is 0.141 e. The molecule has 0 aliphatic heterocycles. The van der Waals surface area contributed by atoms with Crippen molar-refractivity contribution >= 4 is 29.0 Å². The Balaban J connectivity index is 2.80. The Morgan fingerprint density at radius 2 is 2.00 bits per heavy atom. The predicted octanol–water partition coefficient (Wildman–Crippen LogP) is 3.34. The van der Waals surface area contributed by atoms with Gasteiger partial charge < -0.3 is 5.73 Å². The van der Waals surface area contributed by atoms with Gasteiger partial charge in [-0.15, -0.1) is 0 Å². The first-order chi connectivity index (χ1) is 7.95. The first kappa shape index (κ1) is 14.5. The molecule has 94 valence electrons. The smallest absolute Gasteiger partial charge is 0.141 e. The van der Waals surface area contributed by atoms with Crippen LogP contribution >= 0.6 is 23.2 Å². The molecule has 0 radical (unpaired) electrons. The number of hydrogen-bond acceptors (Lipinski definition) is 2. The van der Waals surface area contributed by atoms with E-state index in [1.807, 2.05) is 13.8 Å². The zero-order valence-corrected chi connectivity index (χ0v) is 11.6. The number of carbonyl (C=O) groups excluding carboxylic acids is 1. The van der Waals surface area contributed by atoms with Crippen molar-refractivity contribution in [1.29, 1.82) is 0 Å². The first-order valence-corrected chi connectivity index (χ1v) is 6.38. The number of ketones is 1. The van der Waals surface area contributed by atoms with E-state index >= 15 is 0 Å². The van der Waals surface area contributed by atoms with E-state index in [4.69, 9.17) is 28.9 Å². The van der Waals surface area contributed by atoms with Gasteiger partial charge in [-0.05, 0) is 23.6 Å². The maximum absolute atomic E-state index is 12.1. The summed E-state index contributed by atoms with van der Waals surface area (Å²) >= 11 is 11.8. The lowest BCUT2D eigenvalue weighted by atomic mass is 9.88. The van der Waals surface area contributed by atoms with Crippen LogP contribution in [0.5, 0.6) is 0 Å². The van der Waals surface area contributed by atoms with E-state index in [2.05, 4.69) is 0 Å². The Labute approximate surface area is 112 Å². The van der Waals surface area contributed by atoms with Crippen molar-refractivity contribution in [2.45, 2.75) is 20.3 Å². The SMILES string of the molecule is CC(C)C(CN)C(=O)Cc1ccc(Cl)cc1Cl. The van der Waals surface area contributed by atoms with Gasteiger partial charge in [-0.2, -0.15) is 0 Å². The quantitative estimate of drug-likeness (QED) is 0.894. The van der Waals surface area contributed by atoms with Gasteiger partial charge in [-0.1, -0.05) is 43.1 Å². The van der Waals surface area contributed by atoms with Crippen molar-refractivity contribution in [1.82, 2.24) is 0 Å². The third-order valence-corrected chi connectivity index (χ3v) is 3.44. The maximum atomic E-state index is 12.1. The highest BCUT2D eigenvalue weighted by Crippen LogP contribution is 2.23. The molecule has 0 amide bonds. The number of halogens is 2. The Morgan fingerprint density at radius 3 is 2.47 bits per heavy atom. The molecule has 0 saturated heterocycles. The summed E-state index contributed by atoms with van der Waals surface area (Å²) in [5, 5.41) is 1.11. The van der Waals surface area contributed by atoms with Crippen LogP contribution in [-0.4, -0.2) is 12.3 Å². The van der Waals surface area contributed by atoms with Crippen molar-refractivity contribution < 1.29 is 4.79 Å². The molecule has 0 aromatic heterocycles. The van der Waals surface area contributed by atoms with Crippen LogP contribution in [0.4, 0.5) is 0 Å². The normalized spacial score (nSPS) is 12.8. The van der Waals surface area contributed by atoms with E-state index in [1.54, 1.807) is 18.2 Å². The van der Waals surface area contributed by atoms with Crippen LogP contribution in [0.3, 0.4) is 0 Å². The van der Waals surface area contributed by atoms with Crippen molar-refractivity contribution in [2.24, 2.45) is 17.6 Å². The van der Waals surface area contributed by atoms with Gasteiger partial charge in [0.05, 0.1) is 0 Å². The van der Waals surface area contributed by atoms with Gasteiger partial charge >= 0.3 is 0 Å². The highest BCUT2D eigenvalue weighted by molar-refractivity contribution is 6.35. The van der Waals surface area contributed by atoms with E-state index < -0.39 is 0 Å². The molecule has 0 heterocycles. The standard InChI is InChI=1S/C13H17Cl2NO/c1-8(2)11(7-16)13(17)5-9-3-4-10(14)6-12(9)15/h3-4,6,8,11H,5,7,16H2,1-2H3. The number of benzene rings is 1. The van der Waals surface area contributed by atoms with Crippen LogP contribution in [0.1, 0.15) is 19.4 Å². The van der Waals surface area contributed by atoms with E-state index in [-0.39, 0.29) is 17.6 Å². The molecule has 0 spiro atoms. The summed E-state index contributed by atoms with van der Waals surface area (Å²) in [5.74, 6) is 0.270. The molecule has 0 fully saturated rings. The Morgan fingerprint density at radius 1 is 1.35 bits per heavy atom. The van der Waals surface area contributed by atoms with Crippen molar-refractivity contribution in [2.75, 3.05) is 6.54 Å². The number of Topliss-reactive ketones (excluding diaryl/α,β-unsaturated/α-hetero) is 1. The second-order valence-corrected chi connectivity index (χ2v) is 5.31. The first-order valence-electron chi connectivity index (χ1n) is 5.62. The third kappa shape index (κ3) is 3.98. The summed E-state index contributed by atoms with van der Waals surface area (Å²) in [5.41, 5.74) is 6.42. The lowest BCUT2D eigenvalue weighted by molar-refractivity contribution is -0.123. The minimum atomic E-state index is -0.109. The summed E-state index contributed by atoms with van der Waals surface area (Å²) in [6, 6.07) is 5.18. The van der Waals surface area contributed by atoms with Gasteiger partial charge in [0.25, 0.3) is 0 Å². The van der Waals surface area contributed by atoms with Gasteiger partial charge in [0.15, 0.2) is 0 Å². The van der Waals surface area contributed by atoms with Gasteiger partial charge in [0.1, 0.15) is 5.78 Å². The lowest BCUT2D eigenvalue weighted by Gasteiger charge is -2.17. The minimum Gasteiger partial charge on any atom is -0.330 e. The molecule has 2 nitrogen and oxygen atoms in total. The fourth-order valence-electron chi connectivity index (χ4n) is 1.76. The molecule has 4 heteroatoms. The van der Waals surface area contributed by atoms with E-state index in [9.17, 15) is 4.79 Å². The number of carbonyl (C=O) groups is 1. The van der Waals surface area contributed by atoms with Crippen LogP contribution in [0, 0.1) is 11.8 Å². The fraction of sp³-hybridized carbons (Fsp3) is 0.462. The molecule has 0 bridgehead atoms. The van der Waals surface area contributed by atoms with Gasteiger partial charge in [-0.25, -0.2) is 0 Å². The molecule has 1 aromatic carbocycles. The van der Waals surface area contributed by atoms with Crippen molar-refractivity contribution in [3.63, 3.8) is 0 Å². The largest absolute Gasteiger partial charge is 0.330 e. The number of rotatable bonds is 5. The molecule has 1 unspecified atom stereocenters. The summed E-state index contributed by atoms with van der Waals surface area (Å²) < 4.78 is 0.